The van der Waals surface area contributed by atoms with Crippen molar-refractivity contribution in [3.63, 3.8) is 0 Å². The van der Waals surface area contributed by atoms with Gasteiger partial charge < -0.3 is 15.4 Å². The topological polar surface area (TPSA) is 80.3 Å². The van der Waals surface area contributed by atoms with E-state index in [4.69, 9.17) is 4.74 Å². The average Bonchev–Trinajstić information content (AvgIpc) is 3.03. The van der Waals surface area contributed by atoms with Gasteiger partial charge >= 0.3 is 0 Å². The molecule has 1 aliphatic rings. The third-order valence-corrected chi connectivity index (χ3v) is 5.62. The number of anilines is 2. The number of nitrogens with zero attached hydrogens (tertiary/aromatic N) is 1. The van der Waals surface area contributed by atoms with Crippen molar-refractivity contribution in [3.8, 4) is 17.0 Å². The molecule has 0 aliphatic carbocycles. The number of benzene rings is 2. The minimum atomic E-state index is -0.530. The monoisotopic (exact) mass is 407 g/mol. The van der Waals surface area contributed by atoms with Gasteiger partial charge in [-0.3, -0.25) is 9.59 Å². The SMILES string of the molecule is Cc1ccc(-c2nc(C)sc2CC(=O)Nc2ccc3c(c2)NC(=O)C(C)O3)cc1. The number of amides is 2. The van der Waals surface area contributed by atoms with Gasteiger partial charge in [-0.05, 0) is 39.0 Å². The van der Waals surface area contributed by atoms with Crippen LogP contribution in [0.25, 0.3) is 11.3 Å². The van der Waals surface area contributed by atoms with Crippen LogP contribution in [0.5, 0.6) is 5.75 Å². The maximum Gasteiger partial charge on any atom is 0.265 e. The summed E-state index contributed by atoms with van der Waals surface area (Å²) in [5.74, 6) is 0.247. The van der Waals surface area contributed by atoms with E-state index < -0.39 is 6.10 Å². The van der Waals surface area contributed by atoms with Gasteiger partial charge in [-0.1, -0.05) is 29.8 Å². The molecule has 2 N–H and O–H groups in total. The lowest BCUT2D eigenvalue weighted by Gasteiger charge is -2.23. The number of carbonyl (C=O) groups is 2. The van der Waals surface area contributed by atoms with Crippen LogP contribution in [0.1, 0.15) is 22.4 Å². The Kier molecular flexibility index (Phi) is 5.07. The Hall–Kier alpha value is -3.19. The number of ether oxygens (including phenoxy) is 1. The predicted molar refractivity (Wildman–Crippen MR) is 115 cm³/mol. The number of aromatic nitrogens is 1. The van der Waals surface area contributed by atoms with Crippen LogP contribution in [-0.4, -0.2) is 22.9 Å². The molecule has 1 atom stereocenters. The summed E-state index contributed by atoms with van der Waals surface area (Å²) in [5.41, 5.74) is 4.19. The molecular weight excluding hydrogens is 386 g/mol. The number of carbonyl (C=O) groups excluding carboxylic acids is 2. The highest BCUT2D eigenvalue weighted by Crippen LogP contribution is 2.33. The Bertz CT molecular complexity index is 1090. The summed E-state index contributed by atoms with van der Waals surface area (Å²) in [6.45, 7) is 5.67. The fraction of sp³-hybridized carbons (Fsp3) is 0.227. The van der Waals surface area contributed by atoms with E-state index in [1.807, 2.05) is 38.1 Å². The third kappa shape index (κ3) is 4.14. The van der Waals surface area contributed by atoms with Gasteiger partial charge in [-0.15, -0.1) is 11.3 Å². The Labute approximate surface area is 172 Å². The van der Waals surface area contributed by atoms with Crippen molar-refractivity contribution in [3.05, 3.63) is 57.9 Å². The number of rotatable bonds is 4. The van der Waals surface area contributed by atoms with E-state index >= 15 is 0 Å². The zero-order chi connectivity index (χ0) is 20.5. The summed E-state index contributed by atoms with van der Waals surface area (Å²) in [4.78, 5) is 30.0. The molecule has 1 aromatic heterocycles. The Morgan fingerprint density at radius 3 is 2.72 bits per heavy atom. The zero-order valence-electron chi connectivity index (χ0n) is 16.4. The Morgan fingerprint density at radius 2 is 1.97 bits per heavy atom. The maximum absolute atomic E-state index is 12.7. The van der Waals surface area contributed by atoms with Crippen LogP contribution in [-0.2, 0) is 16.0 Å². The fourth-order valence-electron chi connectivity index (χ4n) is 3.16. The van der Waals surface area contributed by atoms with E-state index in [1.54, 1.807) is 25.1 Å². The van der Waals surface area contributed by atoms with Crippen LogP contribution in [0.2, 0.25) is 0 Å². The number of hydrogen-bond acceptors (Lipinski definition) is 5. The van der Waals surface area contributed by atoms with Gasteiger partial charge in [-0.25, -0.2) is 4.98 Å². The van der Waals surface area contributed by atoms with Crippen LogP contribution in [0.3, 0.4) is 0 Å². The first-order chi connectivity index (χ1) is 13.9. The smallest absolute Gasteiger partial charge is 0.265 e. The summed E-state index contributed by atoms with van der Waals surface area (Å²) in [6, 6.07) is 13.3. The van der Waals surface area contributed by atoms with Crippen LogP contribution in [0, 0.1) is 13.8 Å². The third-order valence-electron chi connectivity index (χ3n) is 4.64. The predicted octanol–water partition coefficient (Wildman–Crippen LogP) is 4.33. The number of thiazole rings is 1. The van der Waals surface area contributed by atoms with Crippen LogP contribution in [0.15, 0.2) is 42.5 Å². The molecule has 29 heavy (non-hydrogen) atoms. The van der Waals surface area contributed by atoms with Gasteiger partial charge in [0.05, 0.1) is 22.8 Å². The van der Waals surface area contributed by atoms with Crippen molar-refractivity contribution < 1.29 is 14.3 Å². The summed E-state index contributed by atoms with van der Waals surface area (Å²) in [7, 11) is 0. The molecule has 0 saturated heterocycles. The lowest BCUT2D eigenvalue weighted by molar-refractivity contribution is -0.122. The summed E-state index contributed by atoms with van der Waals surface area (Å²) in [5, 5.41) is 6.61. The quantitative estimate of drug-likeness (QED) is 0.675. The van der Waals surface area contributed by atoms with E-state index in [1.165, 1.54) is 16.9 Å². The largest absolute Gasteiger partial charge is 0.479 e. The van der Waals surface area contributed by atoms with E-state index in [0.717, 1.165) is 21.1 Å². The molecule has 0 radical (unpaired) electrons. The van der Waals surface area contributed by atoms with Crippen molar-refractivity contribution in [1.82, 2.24) is 4.98 Å². The first-order valence-corrected chi connectivity index (χ1v) is 10.2. The highest BCUT2D eigenvalue weighted by Gasteiger charge is 2.24. The van der Waals surface area contributed by atoms with Gasteiger partial charge in [0.25, 0.3) is 5.91 Å². The number of nitrogens with one attached hydrogen (secondary N) is 2. The lowest BCUT2D eigenvalue weighted by atomic mass is 10.1. The van der Waals surface area contributed by atoms with E-state index in [2.05, 4.69) is 15.6 Å². The van der Waals surface area contributed by atoms with Crippen LogP contribution in [0.4, 0.5) is 11.4 Å². The Morgan fingerprint density at radius 1 is 1.21 bits per heavy atom. The van der Waals surface area contributed by atoms with Gasteiger partial charge in [0.1, 0.15) is 5.75 Å². The van der Waals surface area contributed by atoms with Gasteiger partial charge in [0.15, 0.2) is 6.10 Å². The van der Waals surface area contributed by atoms with E-state index in [-0.39, 0.29) is 18.2 Å². The van der Waals surface area contributed by atoms with Gasteiger partial charge in [0, 0.05) is 16.1 Å². The molecule has 2 amide bonds. The first-order valence-electron chi connectivity index (χ1n) is 9.34. The number of hydrogen-bond donors (Lipinski definition) is 2. The second-order valence-electron chi connectivity index (χ2n) is 7.06. The molecule has 6 nitrogen and oxygen atoms in total. The standard InChI is InChI=1S/C22H21N3O3S/c1-12-4-6-15(7-5-12)21-19(29-14(3)23-21)11-20(26)24-16-8-9-18-17(10-16)25-22(27)13(2)28-18/h4-10,13H,11H2,1-3H3,(H,24,26)(H,25,27). The molecule has 4 rings (SSSR count). The molecule has 2 aromatic carbocycles. The van der Waals surface area contributed by atoms with E-state index in [9.17, 15) is 9.59 Å². The molecule has 0 bridgehead atoms. The molecule has 2 heterocycles. The number of aryl methyl sites for hydroxylation is 2. The van der Waals surface area contributed by atoms with Crippen molar-refractivity contribution >= 4 is 34.5 Å². The molecule has 1 aliphatic heterocycles. The molecule has 1 unspecified atom stereocenters. The van der Waals surface area contributed by atoms with E-state index in [0.29, 0.717) is 17.1 Å². The first kappa shape index (κ1) is 19.1. The minimum absolute atomic E-state index is 0.140. The lowest BCUT2D eigenvalue weighted by Crippen LogP contribution is -2.34. The van der Waals surface area contributed by atoms with Gasteiger partial charge in [0.2, 0.25) is 5.91 Å². The molecule has 148 valence electrons. The molecule has 3 aromatic rings. The normalized spacial score (nSPS) is 15.3. The molecule has 0 saturated carbocycles. The molecule has 0 spiro atoms. The molecule has 7 heteroatoms. The summed E-state index contributed by atoms with van der Waals surface area (Å²) < 4.78 is 5.54. The van der Waals surface area contributed by atoms with Crippen molar-refractivity contribution in [1.29, 1.82) is 0 Å². The van der Waals surface area contributed by atoms with Crippen molar-refractivity contribution in [2.75, 3.05) is 10.6 Å². The second kappa shape index (κ2) is 7.67. The fourth-order valence-corrected chi connectivity index (χ4v) is 4.12. The maximum atomic E-state index is 12.7. The molecular formula is C22H21N3O3S. The average molecular weight is 407 g/mol. The summed E-state index contributed by atoms with van der Waals surface area (Å²) in [6.07, 6.45) is -0.302. The minimum Gasteiger partial charge on any atom is -0.479 e. The Balaban J connectivity index is 1.50. The van der Waals surface area contributed by atoms with Crippen molar-refractivity contribution in [2.45, 2.75) is 33.3 Å². The zero-order valence-corrected chi connectivity index (χ0v) is 17.2. The van der Waals surface area contributed by atoms with Crippen molar-refractivity contribution in [2.24, 2.45) is 0 Å². The van der Waals surface area contributed by atoms with Crippen LogP contribution < -0.4 is 15.4 Å². The highest BCUT2D eigenvalue weighted by atomic mass is 32.1. The summed E-state index contributed by atoms with van der Waals surface area (Å²) >= 11 is 1.53. The number of fused-ring (bicyclic) bond motifs is 1. The molecule has 0 fully saturated rings. The van der Waals surface area contributed by atoms with Crippen LogP contribution >= 0.6 is 11.3 Å². The second-order valence-corrected chi connectivity index (χ2v) is 8.34. The highest BCUT2D eigenvalue weighted by molar-refractivity contribution is 7.12. The van der Waals surface area contributed by atoms with Gasteiger partial charge in [-0.2, -0.15) is 0 Å².